The van der Waals surface area contributed by atoms with E-state index in [2.05, 4.69) is 0 Å². The molecule has 2 aromatic rings. The van der Waals surface area contributed by atoms with Crippen LogP contribution in [0.5, 0.6) is 0 Å². The highest BCUT2D eigenvalue weighted by Gasteiger charge is 2.32. The number of nitrogens with zero attached hydrogens (tertiary/aromatic N) is 1. The molecular weight excluding hydrogens is 331 g/mol. The summed E-state index contributed by atoms with van der Waals surface area (Å²) < 4.78 is 26.9. The van der Waals surface area contributed by atoms with Gasteiger partial charge >= 0.3 is 0 Å². The maximum absolute atomic E-state index is 12.8. The van der Waals surface area contributed by atoms with Crippen molar-refractivity contribution in [2.45, 2.75) is 11.3 Å². The van der Waals surface area contributed by atoms with Gasteiger partial charge in [-0.2, -0.15) is 0 Å². The number of rotatable bonds is 2. The maximum atomic E-state index is 12.8. The molecule has 0 radical (unpaired) electrons. The summed E-state index contributed by atoms with van der Waals surface area (Å²) in [6, 6.07) is 9.55. The molecule has 1 heterocycles. The van der Waals surface area contributed by atoms with Gasteiger partial charge in [-0.25, -0.2) is 8.42 Å². The molecule has 0 aliphatic carbocycles. The Morgan fingerprint density at radius 1 is 1.10 bits per heavy atom. The molecule has 0 unspecified atom stereocenters. The highest BCUT2D eigenvalue weighted by Crippen LogP contribution is 2.36. The molecule has 0 spiro atoms. The van der Waals surface area contributed by atoms with Gasteiger partial charge in [-0.15, -0.1) is 0 Å². The van der Waals surface area contributed by atoms with Crippen molar-refractivity contribution in [1.82, 2.24) is 0 Å². The van der Waals surface area contributed by atoms with Crippen molar-refractivity contribution >= 4 is 44.6 Å². The summed E-state index contributed by atoms with van der Waals surface area (Å²) in [5, 5.41) is 0.571. The molecule has 7 heteroatoms. The number of benzene rings is 2. The van der Waals surface area contributed by atoms with E-state index < -0.39 is 10.0 Å². The fourth-order valence-electron chi connectivity index (χ4n) is 2.49. The van der Waals surface area contributed by atoms with Gasteiger partial charge in [0.2, 0.25) is 0 Å². The average molecular weight is 343 g/mol. The quantitative estimate of drug-likeness (QED) is 0.851. The summed E-state index contributed by atoms with van der Waals surface area (Å²) in [7, 11) is -3.70. The van der Waals surface area contributed by atoms with Gasteiger partial charge in [-0.05, 0) is 36.8 Å². The van der Waals surface area contributed by atoms with Crippen molar-refractivity contribution in [2.75, 3.05) is 16.6 Å². The summed E-state index contributed by atoms with van der Waals surface area (Å²) in [6.45, 7) is 0.357. The number of nitrogen functional groups attached to an aromatic ring is 1. The number of sulfonamides is 1. The second-order valence-corrected chi connectivity index (χ2v) is 7.51. The first-order valence-corrected chi connectivity index (χ1v) is 8.45. The van der Waals surface area contributed by atoms with Gasteiger partial charge in [0.05, 0.1) is 10.6 Å². The summed E-state index contributed by atoms with van der Waals surface area (Å²) >= 11 is 11.8. The number of halogens is 2. The molecule has 0 saturated heterocycles. The molecule has 3 rings (SSSR count). The lowest BCUT2D eigenvalue weighted by molar-refractivity contribution is 0.592. The Balaban J connectivity index is 2.11. The average Bonchev–Trinajstić information content (AvgIpc) is 2.83. The SMILES string of the molecule is Nc1cccc2c1CCN2S(=O)(=O)c1cc(Cl)cc(Cl)c1. The van der Waals surface area contributed by atoms with Crippen LogP contribution >= 0.6 is 23.2 Å². The van der Waals surface area contributed by atoms with E-state index in [4.69, 9.17) is 28.9 Å². The fourth-order valence-corrected chi connectivity index (χ4v) is 4.71. The van der Waals surface area contributed by atoms with Gasteiger partial charge in [0.25, 0.3) is 10.0 Å². The maximum Gasteiger partial charge on any atom is 0.264 e. The summed E-state index contributed by atoms with van der Waals surface area (Å²) in [5.41, 5.74) is 7.98. The monoisotopic (exact) mass is 342 g/mol. The van der Waals surface area contributed by atoms with E-state index in [9.17, 15) is 8.42 Å². The second-order valence-electron chi connectivity index (χ2n) is 4.78. The standard InChI is InChI=1S/C14H12Cl2N2O2S/c15-9-6-10(16)8-11(7-9)21(19,20)18-5-4-12-13(17)2-1-3-14(12)18/h1-3,6-8H,4-5,17H2. The molecule has 0 fully saturated rings. The van der Waals surface area contributed by atoms with Crippen LogP contribution in [0.3, 0.4) is 0 Å². The highest BCUT2D eigenvalue weighted by atomic mass is 35.5. The Kier molecular flexibility index (Phi) is 3.51. The minimum atomic E-state index is -3.70. The molecule has 110 valence electrons. The van der Waals surface area contributed by atoms with Crippen molar-refractivity contribution in [1.29, 1.82) is 0 Å². The summed E-state index contributed by atoms with van der Waals surface area (Å²) in [6.07, 6.45) is 0.593. The van der Waals surface area contributed by atoms with E-state index in [1.165, 1.54) is 22.5 Å². The van der Waals surface area contributed by atoms with Crippen LogP contribution in [0.15, 0.2) is 41.3 Å². The van der Waals surface area contributed by atoms with Gasteiger partial charge in [-0.3, -0.25) is 4.31 Å². The molecule has 0 amide bonds. The van der Waals surface area contributed by atoms with Crippen molar-refractivity contribution < 1.29 is 8.42 Å². The molecule has 0 atom stereocenters. The van der Waals surface area contributed by atoms with Gasteiger partial charge in [0.15, 0.2) is 0 Å². The first kappa shape index (κ1) is 14.5. The summed E-state index contributed by atoms with van der Waals surface area (Å²) in [4.78, 5) is 0.0790. The van der Waals surface area contributed by atoms with Crippen molar-refractivity contribution in [3.05, 3.63) is 52.0 Å². The van der Waals surface area contributed by atoms with E-state index in [0.717, 1.165) is 5.56 Å². The Hall–Kier alpha value is -1.43. The van der Waals surface area contributed by atoms with E-state index in [1.54, 1.807) is 18.2 Å². The molecule has 0 saturated carbocycles. The minimum absolute atomic E-state index is 0.0790. The lowest BCUT2D eigenvalue weighted by atomic mass is 10.1. The van der Waals surface area contributed by atoms with Gasteiger partial charge in [0.1, 0.15) is 0 Å². The van der Waals surface area contributed by atoms with Crippen LogP contribution in [-0.2, 0) is 16.4 Å². The number of anilines is 2. The lowest BCUT2D eigenvalue weighted by Gasteiger charge is -2.20. The summed E-state index contributed by atoms with van der Waals surface area (Å²) in [5.74, 6) is 0. The molecule has 0 bridgehead atoms. The lowest BCUT2D eigenvalue weighted by Crippen LogP contribution is -2.29. The topological polar surface area (TPSA) is 63.4 Å². The third-order valence-corrected chi connectivity index (χ3v) is 5.67. The Morgan fingerprint density at radius 3 is 2.43 bits per heavy atom. The fraction of sp³-hybridized carbons (Fsp3) is 0.143. The first-order valence-electron chi connectivity index (χ1n) is 6.26. The predicted octanol–water partition coefficient (Wildman–Crippen LogP) is 3.33. The largest absolute Gasteiger partial charge is 0.398 e. The zero-order valence-electron chi connectivity index (χ0n) is 10.9. The third-order valence-electron chi connectivity index (χ3n) is 3.45. The second kappa shape index (κ2) is 5.09. The third kappa shape index (κ3) is 2.46. The Morgan fingerprint density at radius 2 is 1.76 bits per heavy atom. The zero-order valence-corrected chi connectivity index (χ0v) is 13.2. The number of hydrogen-bond donors (Lipinski definition) is 1. The number of hydrogen-bond acceptors (Lipinski definition) is 3. The van der Waals surface area contributed by atoms with E-state index >= 15 is 0 Å². The predicted molar refractivity (Wildman–Crippen MR) is 85.6 cm³/mol. The van der Waals surface area contributed by atoms with Crippen molar-refractivity contribution in [2.24, 2.45) is 0 Å². The van der Waals surface area contributed by atoms with Crippen LogP contribution in [0.25, 0.3) is 0 Å². The smallest absolute Gasteiger partial charge is 0.264 e. The van der Waals surface area contributed by atoms with Crippen molar-refractivity contribution in [3.63, 3.8) is 0 Å². The van der Waals surface area contributed by atoms with E-state index in [1.807, 2.05) is 0 Å². The minimum Gasteiger partial charge on any atom is -0.398 e. The molecule has 2 N–H and O–H groups in total. The van der Waals surface area contributed by atoms with Gasteiger partial charge < -0.3 is 5.73 Å². The van der Waals surface area contributed by atoms with Crippen LogP contribution in [0.4, 0.5) is 11.4 Å². The highest BCUT2D eigenvalue weighted by molar-refractivity contribution is 7.92. The molecule has 1 aliphatic heterocycles. The van der Waals surface area contributed by atoms with Crippen LogP contribution in [0, 0.1) is 0 Å². The van der Waals surface area contributed by atoms with Crippen molar-refractivity contribution in [3.8, 4) is 0 Å². The van der Waals surface area contributed by atoms with Crippen LogP contribution in [0.2, 0.25) is 10.0 Å². The normalized spacial score (nSPS) is 14.3. The van der Waals surface area contributed by atoms with Gasteiger partial charge in [0, 0.05) is 27.8 Å². The van der Waals surface area contributed by atoms with Crippen LogP contribution in [0.1, 0.15) is 5.56 Å². The molecule has 2 aromatic carbocycles. The molecule has 1 aliphatic rings. The van der Waals surface area contributed by atoms with E-state index in [-0.39, 0.29) is 14.9 Å². The zero-order chi connectivity index (χ0) is 15.2. The number of nitrogens with two attached hydrogens (primary N) is 1. The van der Waals surface area contributed by atoms with E-state index in [0.29, 0.717) is 24.3 Å². The molecule has 0 aromatic heterocycles. The first-order chi connectivity index (χ1) is 9.89. The Bertz CT molecular complexity index is 801. The number of fused-ring (bicyclic) bond motifs is 1. The molecule has 4 nitrogen and oxygen atoms in total. The molecule has 21 heavy (non-hydrogen) atoms. The van der Waals surface area contributed by atoms with Crippen LogP contribution < -0.4 is 10.0 Å². The van der Waals surface area contributed by atoms with Gasteiger partial charge in [-0.1, -0.05) is 29.3 Å². The Labute approximate surface area is 133 Å². The molecular formula is C14H12Cl2N2O2S. The van der Waals surface area contributed by atoms with Crippen LogP contribution in [-0.4, -0.2) is 15.0 Å².